The van der Waals surface area contributed by atoms with Gasteiger partial charge in [0.2, 0.25) is 0 Å². The van der Waals surface area contributed by atoms with Gasteiger partial charge < -0.3 is 10.2 Å². The van der Waals surface area contributed by atoms with E-state index in [1.807, 2.05) is 0 Å². The van der Waals surface area contributed by atoms with E-state index in [4.69, 9.17) is 0 Å². The highest BCUT2D eigenvalue weighted by molar-refractivity contribution is 5.77. The van der Waals surface area contributed by atoms with Crippen molar-refractivity contribution in [3.63, 3.8) is 0 Å². The molecule has 0 aromatic rings. The molecule has 3 nitrogen and oxygen atoms in total. The third-order valence-electron chi connectivity index (χ3n) is 1.20. The van der Waals surface area contributed by atoms with Crippen LogP contribution in [0.1, 0.15) is 13.8 Å². The smallest absolute Gasteiger partial charge is 0.312 e. The lowest BCUT2D eigenvalue weighted by Gasteiger charge is -2.16. The molecule has 0 fully saturated rings. The van der Waals surface area contributed by atoms with Crippen molar-refractivity contribution in [2.24, 2.45) is 0 Å². The number of nitrogens with zero attached hydrogens (tertiary/aromatic N) is 1. The van der Waals surface area contributed by atoms with Gasteiger partial charge >= 0.3 is 6.03 Å². The second kappa shape index (κ2) is 3.81. The average molecular weight is 154 g/mol. The van der Waals surface area contributed by atoms with E-state index in [-0.39, 0.29) is 6.03 Å². The zero-order valence-corrected chi connectivity index (χ0v) is 7.27. The molecule has 0 heterocycles. The van der Waals surface area contributed by atoms with E-state index >= 15 is 0 Å². The molecule has 0 saturated carbocycles. The highest BCUT2D eigenvalue weighted by atomic mass is 16.2. The minimum absolute atomic E-state index is 0.204. The highest BCUT2D eigenvalue weighted by Gasteiger charge is 2.06. The number of amides is 2. The Hall–Kier alpha value is -1.25. The van der Waals surface area contributed by atoms with Crippen molar-refractivity contribution < 1.29 is 4.79 Å². The molecule has 0 rings (SSSR count). The molecule has 0 bridgehead atoms. The first-order chi connectivity index (χ1) is 4.95. The monoisotopic (exact) mass is 154 g/mol. The summed E-state index contributed by atoms with van der Waals surface area (Å²) < 4.78 is 0. The highest BCUT2D eigenvalue weighted by Crippen LogP contribution is 1.96. The summed E-state index contributed by atoms with van der Waals surface area (Å²) in [6.45, 7) is 10.7. The molecule has 1 N–H and O–H groups in total. The second-order valence-electron chi connectivity index (χ2n) is 2.50. The minimum atomic E-state index is -0.204. The fourth-order valence-electron chi connectivity index (χ4n) is 0.440. The normalized spacial score (nSPS) is 8.64. The molecule has 0 aromatic heterocycles. The van der Waals surface area contributed by atoms with E-state index in [1.165, 1.54) is 4.90 Å². The number of carbonyl (C=O) groups is 1. The van der Waals surface area contributed by atoms with E-state index in [2.05, 4.69) is 18.5 Å². The molecule has 0 atom stereocenters. The van der Waals surface area contributed by atoms with E-state index in [0.717, 1.165) is 0 Å². The third kappa shape index (κ3) is 3.45. The Balaban J connectivity index is 4.04. The van der Waals surface area contributed by atoms with Gasteiger partial charge in [0.05, 0.1) is 0 Å². The summed E-state index contributed by atoms with van der Waals surface area (Å²) in [5, 5.41) is 2.56. The van der Waals surface area contributed by atoms with Gasteiger partial charge in [-0.15, -0.1) is 0 Å². The van der Waals surface area contributed by atoms with Crippen LogP contribution in [-0.4, -0.2) is 18.0 Å². The molecule has 0 radical (unpaired) electrons. The lowest BCUT2D eigenvalue weighted by molar-refractivity contribution is 0.222. The van der Waals surface area contributed by atoms with Crippen LogP contribution in [0, 0.1) is 0 Å². The predicted octanol–water partition coefficient (Wildman–Crippen LogP) is 1.70. The Morgan fingerprint density at radius 3 is 2.09 bits per heavy atom. The molecule has 0 aliphatic rings. The largest absolute Gasteiger partial charge is 0.325 e. The van der Waals surface area contributed by atoms with Crippen molar-refractivity contribution >= 4 is 6.03 Å². The summed E-state index contributed by atoms with van der Waals surface area (Å²) in [6, 6.07) is -0.204. The Morgan fingerprint density at radius 1 is 1.36 bits per heavy atom. The molecule has 0 aliphatic heterocycles. The van der Waals surface area contributed by atoms with Crippen LogP contribution in [0.25, 0.3) is 0 Å². The molecular formula is C8H14N2O. The average Bonchev–Trinajstić information content (AvgIpc) is 1.84. The van der Waals surface area contributed by atoms with Gasteiger partial charge in [0.1, 0.15) is 0 Å². The van der Waals surface area contributed by atoms with E-state index < -0.39 is 0 Å². The van der Waals surface area contributed by atoms with Gasteiger partial charge in [-0.25, -0.2) is 4.79 Å². The van der Waals surface area contributed by atoms with Crippen LogP contribution in [0.4, 0.5) is 4.79 Å². The topological polar surface area (TPSA) is 32.3 Å². The van der Waals surface area contributed by atoms with Crippen LogP contribution in [-0.2, 0) is 0 Å². The fraction of sp³-hybridized carbons (Fsp3) is 0.375. The lowest BCUT2D eigenvalue weighted by atomic mass is 10.5. The van der Waals surface area contributed by atoms with Crippen molar-refractivity contribution in [1.82, 2.24) is 10.2 Å². The van der Waals surface area contributed by atoms with Crippen molar-refractivity contribution in [3.8, 4) is 0 Å². The number of urea groups is 1. The number of hydrogen-bond acceptors (Lipinski definition) is 1. The molecule has 0 aliphatic carbocycles. The summed E-state index contributed by atoms with van der Waals surface area (Å²) in [6.07, 6.45) is 0. The predicted molar refractivity (Wildman–Crippen MR) is 45.9 cm³/mol. The lowest BCUT2D eigenvalue weighted by Crippen LogP contribution is -2.34. The van der Waals surface area contributed by atoms with Gasteiger partial charge in [0.25, 0.3) is 0 Å². The third-order valence-corrected chi connectivity index (χ3v) is 1.20. The first-order valence-corrected chi connectivity index (χ1v) is 3.31. The summed E-state index contributed by atoms with van der Waals surface area (Å²) in [7, 11) is 1.65. The maximum atomic E-state index is 11.1. The summed E-state index contributed by atoms with van der Waals surface area (Å²) in [5.74, 6) is 0. The van der Waals surface area contributed by atoms with Crippen molar-refractivity contribution in [2.45, 2.75) is 13.8 Å². The number of carbonyl (C=O) groups excluding carboxylic acids is 1. The van der Waals surface area contributed by atoms with Crippen LogP contribution >= 0.6 is 0 Å². The maximum Gasteiger partial charge on any atom is 0.325 e. The van der Waals surface area contributed by atoms with Crippen LogP contribution in [0.15, 0.2) is 24.6 Å². The molecule has 0 aromatic carbocycles. The quantitative estimate of drug-likeness (QED) is 0.645. The van der Waals surface area contributed by atoms with E-state index in [1.54, 1.807) is 20.9 Å². The van der Waals surface area contributed by atoms with Crippen LogP contribution < -0.4 is 5.32 Å². The molecule has 11 heavy (non-hydrogen) atoms. The Morgan fingerprint density at radius 2 is 1.82 bits per heavy atom. The van der Waals surface area contributed by atoms with E-state index in [9.17, 15) is 4.79 Å². The van der Waals surface area contributed by atoms with Crippen LogP contribution in [0.3, 0.4) is 0 Å². The Kier molecular flexibility index (Phi) is 3.37. The maximum absolute atomic E-state index is 11.1. The first-order valence-electron chi connectivity index (χ1n) is 3.31. The molecular weight excluding hydrogens is 140 g/mol. The number of nitrogens with one attached hydrogen (secondary N) is 1. The van der Waals surface area contributed by atoms with Gasteiger partial charge in [-0.3, -0.25) is 0 Å². The standard InChI is InChI=1S/C8H14N2O/c1-6(2)9-8(11)10(5)7(3)4/h1,3H2,2,4-5H3,(H,9,11). The van der Waals surface area contributed by atoms with E-state index in [0.29, 0.717) is 11.4 Å². The number of rotatable bonds is 2. The van der Waals surface area contributed by atoms with Gasteiger partial charge in [-0.2, -0.15) is 0 Å². The van der Waals surface area contributed by atoms with Crippen molar-refractivity contribution in [2.75, 3.05) is 7.05 Å². The second-order valence-corrected chi connectivity index (χ2v) is 2.50. The Labute approximate surface area is 67.4 Å². The molecule has 2 amide bonds. The van der Waals surface area contributed by atoms with Crippen LogP contribution in [0.5, 0.6) is 0 Å². The minimum Gasteiger partial charge on any atom is -0.312 e. The molecule has 0 saturated heterocycles. The van der Waals surface area contributed by atoms with Crippen molar-refractivity contribution in [3.05, 3.63) is 24.6 Å². The summed E-state index contributed by atoms with van der Waals surface area (Å²) in [5.41, 5.74) is 1.33. The van der Waals surface area contributed by atoms with Gasteiger partial charge in [-0.05, 0) is 13.8 Å². The fourth-order valence-corrected chi connectivity index (χ4v) is 0.440. The SMILES string of the molecule is C=C(C)NC(=O)N(C)C(=C)C. The van der Waals surface area contributed by atoms with Crippen LogP contribution in [0.2, 0.25) is 0 Å². The number of hydrogen-bond donors (Lipinski definition) is 1. The van der Waals surface area contributed by atoms with Gasteiger partial charge in [0, 0.05) is 18.4 Å². The molecule has 0 unspecified atom stereocenters. The summed E-state index contributed by atoms with van der Waals surface area (Å²) in [4.78, 5) is 12.5. The van der Waals surface area contributed by atoms with Gasteiger partial charge in [0.15, 0.2) is 0 Å². The van der Waals surface area contributed by atoms with Gasteiger partial charge in [-0.1, -0.05) is 13.2 Å². The number of allylic oxidation sites excluding steroid dienone is 2. The zero-order valence-electron chi connectivity index (χ0n) is 7.27. The molecule has 0 spiro atoms. The Bertz CT molecular complexity index is 196. The summed E-state index contributed by atoms with van der Waals surface area (Å²) >= 11 is 0. The zero-order chi connectivity index (χ0) is 9.02. The molecule has 3 heteroatoms. The first kappa shape index (κ1) is 9.75. The molecule has 62 valence electrons. The van der Waals surface area contributed by atoms with Crippen molar-refractivity contribution in [1.29, 1.82) is 0 Å².